The van der Waals surface area contributed by atoms with Crippen LogP contribution in [0, 0.1) is 0 Å². The van der Waals surface area contributed by atoms with Crippen LogP contribution in [0.15, 0.2) is 24.3 Å². The fraction of sp³-hybridized carbons (Fsp3) is 0.385. The third-order valence-corrected chi connectivity index (χ3v) is 2.97. The van der Waals surface area contributed by atoms with Crippen molar-refractivity contribution < 1.29 is 14.7 Å². The van der Waals surface area contributed by atoms with Gasteiger partial charge in [-0.1, -0.05) is 0 Å². The molecule has 0 aliphatic carbocycles. The molecule has 0 saturated carbocycles. The Morgan fingerprint density at radius 1 is 1.17 bits per heavy atom. The number of nitrogens with one attached hydrogen (secondary N) is 1. The van der Waals surface area contributed by atoms with Crippen molar-refractivity contribution in [2.75, 3.05) is 25.0 Å². The van der Waals surface area contributed by atoms with Gasteiger partial charge in [0.2, 0.25) is 0 Å². The minimum absolute atomic E-state index is 0.0530. The van der Waals surface area contributed by atoms with Crippen LogP contribution in [0.25, 0.3) is 0 Å². The number of likely N-dealkylation sites (tertiary alicyclic amines) is 1. The summed E-state index contributed by atoms with van der Waals surface area (Å²) in [5.74, 6) is -0.857. The zero-order valence-corrected chi connectivity index (χ0v) is 10.1. The highest BCUT2D eigenvalue weighted by molar-refractivity contribution is 5.94. The normalized spacial score (nSPS) is 14.6. The Labute approximate surface area is 105 Å². The molecular weight excluding hydrogens is 232 g/mol. The molecule has 0 bridgehead atoms. The van der Waals surface area contributed by atoms with Crippen LogP contribution in [0.5, 0.6) is 0 Å². The lowest BCUT2D eigenvalue weighted by Gasteiger charge is -2.15. The first-order valence-electron chi connectivity index (χ1n) is 6.02. The zero-order valence-electron chi connectivity index (χ0n) is 10.1. The monoisotopic (exact) mass is 248 g/mol. The van der Waals surface area contributed by atoms with Crippen molar-refractivity contribution in [1.82, 2.24) is 4.90 Å². The second-order valence-corrected chi connectivity index (χ2v) is 4.32. The molecule has 18 heavy (non-hydrogen) atoms. The quantitative estimate of drug-likeness (QED) is 0.845. The van der Waals surface area contributed by atoms with E-state index in [1.807, 2.05) is 4.90 Å². The first-order valence-corrected chi connectivity index (χ1v) is 6.02. The Morgan fingerprint density at radius 3 is 2.33 bits per heavy atom. The number of hydrogen-bond donors (Lipinski definition) is 2. The molecule has 96 valence electrons. The first kappa shape index (κ1) is 12.4. The number of carboxylic acids is 1. The van der Waals surface area contributed by atoms with E-state index in [1.54, 1.807) is 24.3 Å². The predicted octanol–water partition coefficient (Wildman–Crippen LogP) is 1.42. The molecule has 1 amide bonds. The van der Waals surface area contributed by atoms with Crippen LogP contribution in [0.4, 0.5) is 5.69 Å². The van der Waals surface area contributed by atoms with Gasteiger partial charge in [0.15, 0.2) is 0 Å². The van der Waals surface area contributed by atoms with Crippen LogP contribution < -0.4 is 5.32 Å². The van der Waals surface area contributed by atoms with Gasteiger partial charge < -0.3 is 15.3 Å². The maximum absolute atomic E-state index is 12.0. The molecule has 1 aromatic carbocycles. The third-order valence-electron chi connectivity index (χ3n) is 2.97. The maximum Gasteiger partial charge on any atom is 0.322 e. The van der Waals surface area contributed by atoms with Crippen LogP contribution in [0.3, 0.4) is 0 Å². The lowest BCUT2D eigenvalue weighted by atomic mass is 10.2. The molecule has 1 saturated heterocycles. The van der Waals surface area contributed by atoms with E-state index < -0.39 is 5.97 Å². The van der Waals surface area contributed by atoms with Crippen LogP contribution >= 0.6 is 0 Å². The Bertz CT molecular complexity index is 436. The molecule has 0 atom stereocenters. The Kier molecular flexibility index (Phi) is 3.82. The fourth-order valence-electron chi connectivity index (χ4n) is 2.01. The van der Waals surface area contributed by atoms with Gasteiger partial charge in [-0.2, -0.15) is 0 Å². The third kappa shape index (κ3) is 3.00. The largest absolute Gasteiger partial charge is 0.480 e. The van der Waals surface area contributed by atoms with Crippen molar-refractivity contribution in [2.24, 2.45) is 0 Å². The molecular formula is C13H16N2O3. The molecule has 1 aliphatic rings. The highest BCUT2D eigenvalue weighted by Gasteiger charge is 2.18. The summed E-state index contributed by atoms with van der Waals surface area (Å²) in [6.45, 7) is 1.54. The van der Waals surface area contributed by atoms with E-state index in [0.29, 0.717) is 11.3 Å². The second kappa shape index (κ2) is 5.53. The van der Waals surface area contributed by atoms with E-state index in [-0.39, 0.29) is 12.5 Å². The topological polar surface area (TPSA) is 69.6 Å². The van der Waals surface area contributed by atoms with Crippen molar-refractivity contribution >= 4 is 17.6 Å². The summed E-state index contributed by atoms with van der Waals surface area (Å²) in [6.07, 6.45) is 2.15. The average molecular weight is 248 g/mol. The Hall–Kier alpha value is -2.04. The molecule has 1 aliphatic heterocycles. The van der Waals surface area contributed by atoms with Gasteiger partial charge >= 0.3 is 5.97 Å². The molecule has 5 heteroatoms. The molecule has 5 nitrogen and oxygen atoms in total. The number of anilines is 1. The van der Waals surface area contributed by atoms with Crippen LogP contribution in [-0.4, -0.2) is 41.5 Å². The van der Waals surface area contributed by atoms with Crippen molar-refractivity contribution in [3.8, 4) is 0 Å². The van der Waals surface area contributed by atoms with E-state index in [2.05, 4.69) is 5.32 Å². The standard InChI is InChI=1S/C13H16N2O3/c16-12(17)9-14-11-5-3-10(4-6-11)13(18)15-7-1-2-8-15/h3-6,14H,1-2,7-9H2,(H,16,17). The van der Waals surface area contributed by atoms with E-state index in [1.165, 1.54) is 0 Å². The molecule has 1 fully saturated rings. The molecule has 2 rings (SSSR count). The lowest BCUT2D eigenvalue weighted by molar-refractivity contribution is -0.134. The van der Waals surface area contributed by atoms with Gasteiger partial charge in [0.05, 0.1) is 0 Å². The van der Waals surface area contributed by atoms with Gasteiger partial charge in [0, 0.05) is 24.3 Å². The van der Waals surface area contributed by atoms with E-state index >= 15 is 0 Å². The second-order valence-electron chi connectivity index (χ2n) is 4.32. The van der Waals surface area contributed by atoms with Crippen molar-refractivity contribution in [3.63, 3.8) is 0 Å². The van der Waals surface area contributed by atoms with Gasteiger partial charge in [-0.25, -0.2) is 0 Å². The van der Waals surface area contributed by atoms with Gasteiger partial charge in [-0.3, -0.25) is 9.59 Å². The van der Waals surface area contributed by atoms with Gasteiger partial charge in [-0.05, 0) is 37.1 Å². The number of carbonyl (C=O) groups excluding carboxylic acids is 1. The molecule has 0 spiro atoms. The van der Waals surface area contributed by atoms with E-state index in [0.717, 1.165) is 25.9 Å². The highest BCUT2D eigenvalue weighted by Crippen LogP contribution is 2.15. The number of rotatable bonds is 4. The molecule has 0 unspecified atom stereocenters. The molecule has 0 radical (unpaired) electrons. The predicted molar refractivity (Wildman–Crippen MR) is 67.7 cm³/mol. The summed E-state index contributed by atoms with van der Waals surface area (Å²) in [5, 5.41) is 11.3. The molecule has 2 N–H and O–H groups in total. The molecule has 0 aromatic heterocycles. The van der Waals surface area contributed by atoms with Gasteiger partial charge in [0.25, 0.3) is 5.91 Å². The Morgan fingerprint density at radius 2 is 1.78 bits per heavy atom. The van der Waals surface area contributed by atoms with Gasteiger partial charge in [0.1, 0.15) is 6.54 Å². The maximum atomic E-state index is 12.0. The number of nitrogens with zero attached hydrogens (tertiary/aromatic N) is 1. The number of carbonyl (C=O) groups is 2. The van der Waals surface area contributed by atoms with E-state index in [9.17, 15) is 9.59 Å². The molecule has 1 heterocycles. The summed E-state index contributed by atoms with van der Waals surface area (Å²) >= 11 is 0. The van der Waals surface area contributed by atoms with Crippen molar-refractivity contribution in [3.05, 3.63) is 29.8 Å². The first-order chi connectivity index (χ1) is 8.66. The highest BCUT2D eigenvalue weighted by atomic mass is 16.4. The van der Waals surface area contributed by atoms with Crippen molar-refractivity contribution in [1.29, 1.82) is 0 Å². The average Bonchev–Trinajstić information content (AvgIpc) is 2.90. The summed E-state index contributed by atoms with van der Waals surface area (Å²) in [5.41, 5.74) is 1.35. The molecule has 1 aromatic rings. The number of hydrogen-bond acceptors (Lipinski definition) is 3. The Balaban J connectivity index is 1.98. The van der Waals surface area contributed by atoms with Crippen LogP contribution in [-0.2, 0) is 4.79 Å². The van der Waals surface area contributed by atoms with Gasteiger partial charge in [-0.15, -0.1) is 0 Å². The zero-order chi connectivity index (χ0) is 13.0. The van der Waals surface area contributed by atoms with E-state index in [4.69, 9.17) is 5.11 Å². The summed E-state index contributed by atoms with van der Waals surface area (Å²) in [4.78, 5) is 24.3. The lowest BCUT2D eigenvalue weighted by Crippen LogP contribution is -2.27. The van der Waals surface area contributed by atoms with Crippen LogP contribution in [0.2, 0.25) is 0 Å². The number of benzene rings is 1. The number of aliphatic carboxylic acids is 1. The van der Waals surface area contributed by atoms with Crippen LogP contribution in [0.1, 0.15) is 23.2 Å². The minimum atomic E-state index is -0.910. The fourth-order valence-corrected chi connectivity index (χ4v) is 2.01. The summed E-state index contributed by atoms with van der Waals surface area (Å²) in [7, 11) is 0. The summed E-state index contributed by atoms with van der Waals surface area (Å²) < 4.78 is 0. The number of amides is 1. The number of carboxylic acid groups (broad SMARTS) is 1. The minimum Gasteiger partial charge on any atom is -0.480 e. The summed E-state index contributed by atoms with van der Waals surface area (Å²) in [6, 6.07) is 6.91. The van der Waals surface area contributed by atoms with Crippen molar-refractivity contribution in [2.45, 2.75) is 12.8 Å². The smallest absolute Gasteiger partial charge is 0.322 e. The SMILES string of the molecule is O=C(O)CNc1ccc(C(=O)N2CCCC2)cc1.